The van der Waals surface area contributed by atoms with Gasteiger partial charge in [0.25, 0.3) is 0 Å². The van der Waals surface area contributed by atoms with Crippen molar-refractivity contribution < 1.29 is 0 Å². The molecule has 1 N–H and O–H groups in total. The number of hydrogen-bond donors (Lipinski definition) is 1. The van der Waals surface area contributed by atoms with Gasteiger partial charge in [-0.25, -0.2) is 4.98 Å². The Morgan fingerprint density at radius 2 is 2.00 bits per heavy atom. The molecular weight excluding hydrogens is 220 g/mol. The van der Waals surface area contributed by atoms with Crippen LogP contribution in [0.3, 0.4) is 0 Å². The van der Waals surface area contributed by atoms with E-state index in [-0.39, 0.29) is 0 Å². The van der Waals surface area contributed by atoms with Crippen molar-refractivity contribution in [3.8, 4) is 0 Å². The monoisotopic (exact) mass is 240 g/mol. The lowest BCUT2D eigenvalue weighted by molar-refractivity contribution is 0.780. The van der Waals surface area contributed by atoms with E-state index in [1.807, 2.05) is 24.4 Å². The number of rotatable bonds is 4. The van der Waals surface area contributed by atoms with Crippen molar-refractivity contribution in [2.75, 3.05) is 5.32 Å². The Labute approximate surface area is 109 Å². The van der Waals surface area contributed by atoms with Crippen LogP contribution < -0.4 is 5.32 Å². The highest BCUT2D eigenvalue weighted by atomic mass is 15.0. The number of aryl methyl sites for hydroxylation is 2. The zero-order valence-electron chi connectivity index (χ0n) is 11.3. The van der Waals surface area contributed by atoms with Crippen LogP contribution in [0.5, 0.6) is 0 Å². The first-order valence-corrected chi connectivity index (χ1v) is 6.39. The van der Waals surface area contributed by atoms with Crippen molar-refractivity contribution >= 4 is 5.82 Å². The second kappa shape index (κ2) is 5.67. The fourth-order valence-electron chi connectivity index (χ4n) is 2.16. The highest BCUT2D eigenvalue weighted by Crippen LogP contribution is 2.14. The van der Waals surface area contributed by atoms with E-state index in [0.29, 0.717) is 6.04 Å². The van der Waals surface area contributed by atoms with Crippen molar-refractivity contribution in [3.05, 3.63) is 59.3 Å². The molecule has 0 saturated heterocycles. The van der Waals surface area contributed by atoms with Crippen LogP contribution in [-0.2, 0) is 6.42 Å². The fraction of sp³-hybridized carbons (Fsp3) is 0.312. The second-order valence-electron chi connectivity index (χ2n) is 4.89. The first kappa shape index (κ1) is 12.6. The lowest BCUT2D eigenvalue weighted by Gasteiger charge is -2.16. The molecule has 2 rings (SSSR count). The highest BCUT2D eigenvalue weighted by molar-refractivity contribution is 5.36. The van der Waals surface area contributed by atoms with Gasteiger partial charge in [-0.2, -0.15) is 0 Å². The molecule has 0 amide bonds. The molecule has 1 aromatic heterocycles. The number of nitrogens with one attached hydrogen (secondary N) is 1. The summed E-state index contributed by atoms with van der Waals surface area (Å²) in [6.45, 7) is 6.50. The van der Waals surface area contributed by atoms with Crippen molar-refractivity contribution in [1.29, 1.82) is 0 Å². The number of anilines is 1. The van der Waals surface area contributed by atoms with Gasteiger partial charge in [-0.05, 0) is 50.5 Å². The molecule has 0 aliphatic heterocycles. The zero-order valence-corrected chi connectivity index (χ0v) is 11.3. The number of nitrogens with zero attached hydrogens (tertiary/aromatic N) is 1. The van der Waals surface area contributed by atoms with Crippen LogP contribution in [0.25, 0.3) is 0 Å². The first-order chi connectivity index (χ1) is 8.65. The summed E-state index contributed by atoms with van der Waals surface area (Å²) >= 11 is 0. The molecule has 0 aliphatic rings. The van der Waals surface area contributed by atoms with E-state index in [0.717, 1.165) is 12.2 Å². The van der Waals surface area contributed by atoms with Crippen molar-refractivity contribution in [1.82, 2.24) is 4.98 Å². The van der Waals surface area contributed by atoms with E-state index in [4.69, 9.17) is 0 Å². The van der Waals surface area contributed by atoms with E-state index >= 15 is 0 Å². The molecule has 0 radical (unpaired) electrons. The third-order valence-corrected chi connectivity index (χ3v) is 3.08. The van der Waals surface area contributed by atoms with E-state index in [1.54, 1.807) is 0 Å². The summed E-state index contributed by atoms with van der Waals surface area (Å²) in [6.07, 6.45) is 2.83. The van der Waals surface area contributed by atoms with Gasteiger partial charge < -0.3 is 5.32 Å². The molecule has 94 valence electrons. The van der Waals surface area contributed by atoms with Gasteiger partial charge >= 0.3 is 0 Å². The average Bonchev–Trinajstić information content (AvgIpc) is 2.34. The number of benzene rings is 1. The van der Waals surface area contributed by atoms with E-state index in [9.17, 15) is 0 Å². The van der Waals surface area contributed by atoms with Crippen molar-refractivity contribution in [2.45, 2.75) is 33.2 Å². The molecule has 0 aliphatic carbocycles. The molecule has 1 heterocycles. The summed E-state index contributed by atoms with van der Waals surface area (Å²) in [5.41, 5.74) is 4.09. The summed E-state index contributed by atoms with van der Waals surface area (Å²) < 4.78 is 0. The Morgan fingerprint density at radius 3 is 2.67 bits per heavy atom. The minimum Gasteiger partial charge on any atom is -0.367 e. The lowest BCUT2D eigenvalue weighted by Crippen LogP contribution is -2.19. The first-order valence-electron chi connectivity index (χ1n) is 6.39. The second-order valence-corrected chi connectivity index (χ2v) is 4.89. The van der Waals surface area contributed by atoms with Gasteiger partial charge in [0, 0.05) is 12.2 Å². The largest absolute Gasteiger partial charge is 0.367 e. The molecule has 0 fully saturated rings. The Hall–Kier alpha value is -1.83. The van der Waals surface area contributed by atoms with Gasteiger partial charge in [-0.1, -0.05) is 29.8 Å². The molecule has 1 aromatic carbocycles. The Kier molecular flexibility index (Phi) is 3.98. The molecule has 0 spiro atoms. The van der Waals surface area contributed by atoms with Gasteiger partial charge in [0.1, 0.15) is 5.82 Å². The Morgan fingerprint density at radius 1 is 1.17 bits per heavy atom. The molecule has 0 saturated carbocycles. The minimum absolute atomic E-state index is 0.376. The zero-order chi connectivity index (χ0) is 13.0. The summed E-state index contributed by atoms with van der Waals surface area (Å²) in [5.74, 6) is 0.940. The molecular formula is C16H20N2. The normalized spacial score (nSPS) is 12.2. The van der Waals surface area contributed by atoms with E-state index in [2.05, 4.69) is 49.3 Å². The predicted octanol–water partition coefficient (Wildman–Crippen LogP) is 3.74. The average molecular weight is 240 g/mol. The Balaban J connectivity index is 2.01. The molecule has 2 heteroatoms. The topological polar surface area (TPSA) is 24.9 Å². The number of aromatic nitrogens is 1. The maximum atomic E-state index is 4.29. The van der Waals surface area contributed by atoms with Crippen LogP contribution in [0.1, 0.15) is 23.6 Å². The summed E-state index contributed by atoms with van der Waals surface area (Å²) in [4.78, 5) is 4.29. The maximum absolute atomic E-state index is 4.29. The summed E-state index contributed by atoms with van der Waals surface area (Å²) in [5, 5.41) is 3.42. The Bertz CT molecular complexity index is 506. The third-order valence-electron chi connectivity index (χ3n) is 3.08. The molecule has 2 aromatic rings. The molecule has 1 atom stereocenters. The molecule has 0 bridgehead atoms. The van der Waals surface area contributed by atoms with Crippen LogP contribution >= 0.6 is 0 Å². The lowest BCUT2D eigenvalue weighted by atomic mass is 10.00. The van der Waals surface area contributed by atoms with Crippen LogP contribution in [0.2, 0.25) is 0 Å². The molecule has 2 nitrogen and oxygen atoms in total. The quantitative estimate of drug-likeness (QED) is 0.880. The van der Waals surface area contributed by atoms with E-state index in [1.165, 1.54) is 16.7 Å². The van der Waals surface area contributed by atoms with E-state index < -0.39 is 0 Å². The van der Waals surface area contributed by atoms with Crippen molar-refractivity contribution in [2.24, 2.45) is 0 Å². The highest BCUT2D eigenvalue weighted by Gasteiger charge is 2.06. The summed E-state index contributed by atoms with van der Waals surface area (Å²) in [7, 11) is 0. The maximum Gasteiger partial charge on any atom is 0.126 e. The van der Waals surface area contributed by atoms with Gasteiger partial charge in [0.2, 0.25) is 0 Å². The van der Waals surface area contributed by atoms with Gasteiger partial charge in [-0.15, -0.1) is 0 Å². The predicted molar refractivity (Wildman–Crippen MR) is 76.9 cm³/mol. The number of pyridine rings is 1. The van der Waals surface area contributed by atoms with Crippen molar-refractivity contribution in [3.63, 3.8) is 0 Å². The smallest absolute Gasteiger partial charge is 0.126 e. The number of hydrogen-bond acceptors (Lipinski definition) is 2. The van der Waals surface area contributed by atoms with Gasteiger partial charge in [0.05, 0.1) is 0 Å². The van der Waals surface area contributed by atoms with Crippen LogP contribution in [0.4, 0.5) is 5.82 Å². The SMILES string of the molecule is Cc1ccc(CC(C)Nc2ccccn2)c(C)c1. The van der Waals surface area contributed by atoms with Gasteiger partial charge in [0.15, 0.2) is 0 Å². The van der Waals surface area contributed by atoms with Crippen LogP contribution in [0.15, 0.2) is 42.6 Å². The summed E-state index contributed by atoms with van der Waals surface area (Å²) in [6, 6.07) is 12.9. The van der Waals surface area contributed by atoms with Crippen LogP contribution in [0, 0.1) is 13.8 Å². The van der Waals surface area contributed by atoms with Crippen LogP contribution in [-0.4, -0.2) is 11.0 Å². The fourth-order valence-corrected chi connectivity index (χ4v) is 2.16. The standard InChI is InChI=1S/C16H20N2/c1-12-7-8-15(13(2)10-12)11-14(3)18-16-6-4-5-9-17-16/h4-10,14H,11H2,1-3H3,(H,17,18). The third kappa shape index (κ3) is 3.33. The molecule has 18 heavy (non-hydrogen) atoms. The van der Waals surface area contributed by atoms with Gasteiger partial charge in [-0.3, -0.25) is 0 Å². The molecule has 1 unspecified atom stereocenters. The minimum atomic E-state index is 0.376.